The molecule has 0 saturated heterocycles. The first-order valence-electron chi connectivity index (χ1n) is 7.66. The first-order chi connectivity index (χ1) is 11.2. The topological polar surface area (TPSA) is 57.8 Å². The standard InChI is InChI=1S/C18H16ClN3O/c19-13-4-1-3-11(7-13)15-9-16(15)22-17(23)8-12-10-21-18-14(12)5-2-6-20-18/h1-7,10,15-16H,8-9H2,(H,20,21)(H,22,23)/t15-,16-/m1/s1. The Morgan fingerprint density at radius 2 is 2.26 bits per heavy atom. The summed E-state index contributed by atoms with van der Waals surface area (Å²) in [6.07, 6.45) is 4.94. The maximum Gasteiger partial charge on any atom is 0.224 e. The Labute approximate surface area is 138 Å². The van der Waals surface area contributed by atoms with Crippen LogP contribution in [0.4, 0.5) is 0 Å². The largest absolute Gasteiger partial charge is 0.352 e. The van der Waals surface area contributed by atoms with Gasteiger partial charge in [-0.1, -0.05) is 23.7 Å². The van der Waals surface area contributed by atoms with Crippen molar-refractivity contribution in [1.82, 2.24) is 15.3 Å². The van der Waals surface area contributed by atoms with E-state index in [-0.39, 0.29) is 11.9 Å². The van der Waals surface area contributed by atoms with Crippen LogP contribution in [0, 0.1) is 0 Å². The summed E-state index contributed by atoms with van der Waals surface area (Å²) in [5.41, 5.74) is 2.99. The number of halogens is 1. The molecule has 5 heteroatoms. The van der Waals surface area contributed by atoms with E-state index in [2.05, 4.69) is 21.4 Å². The molecule has 1 saturated carbocycles. The van der Waals surface area contributed by atoms with Crippen molar-refractivity contribution < 1.29 is 4.79 Å². The molecular weight excluding hydrogens is 310 g/mol. The van der Waals surface area contributed by atoms with Crippen molar-refractivity contribution in [3.8, 4) is 0 Å². The van der Waals surface area contributed by atoms with Crippen molar-refractivity contribution in [2.75, 3.05) is 0 Å². The number of aromatic amines is 1. The number of rotatable bonds is 4. The summed E-state index contributed by atoms with van der Waals surface area (Å²) in [5.74, 6) is 0.423. The molecular formula is C18H16ClN3O. The van der Waals surface area contributed by atoms with Crippen LogP contribution in [-0.4, -0.2) is 21.9 Å². The molecule has 0 spiro atoms. The van der Waals surface area contributed by atoms with Crippen LogP contribution < -0.4 is 5.32 Å². The Hall–Kier alpha value is -2.33. The van der Waals surface area contributed by atoms with E-state index in [0.717, 1.165) is 28.0 Å². The number of fused-ring (bicyclic) bond motifs is 1. The van der Waals surface area contributed by atoms with Gasteiger partial charge < -0.3 is 10.3 Å². The third-order valence-electron chi connectivity index (χ3n) is 4.30. The molecule has 23 heavy (non-hydrogen) atoms. The number of carbonyl (C=O) groups is 1. The van der Waals surface area contributed by atoms with E-state index in [4.69, 9.17) is 11.6 Å². The molecule has 0 unspecified atom stereocenters. The third kappa shape index (κ3) is 2.94. The molecule has 2 atom stereocenters. The fourth-order valence-corrected chi connectivity index (χ4v) is 3.25. The Morgan fingerprint density at radius 1 is 1.35 bits per heavy atom. The zero-order valence-corrected chi connectivity index (χ0v) is 13.2. The third-order valence-corrected chi connectivity index (χ3v) is 4.54. The van der Waals surface area contributed by atoms with Crippen molar-refractivity contribution in [3.63, 3.8) is 0 Å². The van der Waals surface area contributed by atoms with Gasteiger partial charge in [-0.2, -0.15) is 0 Å². The van der Waals surface area contributed by atoms with Gasteiger partial charge >= 0.3 is 0 Å². The second kappa shape index (κ2) is 5.70. The summed E-state index contributed by atoms with van der Waals surface area (Å²) in [6, 6.07) is 11.9. The lowest BCUT2D eigenvalue weighted by Crippen LogP contribution is -2.28. The molecule has 1 aromatic carbocycles. The molecule has 1 aliphatic carbocycles. The lowest BCUT2D eigenvalue weighted by atomic mass is 10.1. The molecule has 1 aliphatic rings. The molecule has 116 valence electrons. The van der Waals surface area contributed by atoms with E-state index in [1.165, 1.54) is 5.56 Å². The van der Waals surface area contributed by atoms with Gasteiger partial charge in [-0.3, -0.25) is 4.79 Å². The van der Waals surface area contributed by atoms with Gasteiger partial charge in [-0.15, -0.1) is 0 Å². The molecule has 0 aliphatic heterocycles. The van der Waals surface area contributed by atoms with Crippen LogP contribution in [0.5, 0.6) is 0 Å². The summed E-state index contributed by atoms with van der Waals surface area (Å²) < 4.78 is 0. The summed E-state index contributed by atoms with van der Waals surface area (Å²) in [5, 5.41) is 4.85. The van der Waals surface area contributed by atoms with Crippen LogP contribution in [0.15, 0.2) is 48.8 Å². The fraction of sp³-hybridized carbons (Fsp3) is 0.222. The minimum absolute atomic E-state index is 0.0456. The van der Waals surface area contributed by atoms with E-state index in [1.807, 2.05) is 36.5 Å². The summed E-state index contributed by atoms with van der Waals surface area (Å²) in [4.78, 5) is 19.6. The fourth-order valence-electron chi connectivity index (χ4n) is 3.05. The van der Waals surface area contributed by atoms with Crippen LogP contribution in [0.25, 0.3) is 11.0 Å². The van der Waals surface area contributed by atoms with Crippen LogP contribution in [0.3, 0.4) is 0 Å². The number of aromatic nitrogens is 2. The molecule has 4 rings (SSSR count). The molecule has 2 aromatic heterocycles. The first kappa shape index (κ1) is 14.3. The van der Waals surface area contributed by atoms with Crippen LogP contribution in [-0.2, 0) is 11.2 Å². The van der Waals surface area contributed by atoms with E-state index in [9.17, 15) is 4.79 Å². The average molecular weight is 326 g/mol. The predicted octanol–water partition coefficient (Wildman–Crippen LogP) is 3.43. The molecule has 4 nitrogen and oxygen atoms in total. The number of carbonyl (C=O) groups excluding carboxylic acids is 1. The molecule has 3 aromatic rings. The van der Waals surface area contributed by atoms with Gasteiger partial charge in [0.05, 0.1) is 6.42 Å². The van der Waals surface area contributed by atoms with Crippen LogP contribution >= 0.6 is 11.6 Å². The molecule has 0 radical (unpaired) electrons. The Bertz CT molecular complexity index is 873. The number of nitrogens with zero attached hydrogens (tertiary/aromatic N) is 1. The minimum Gasteiger partial charge on any atom is -0.352 e. The lowest BCUT2D eigenvalue weighted by Gasteiger charge is -2.05. The minimum atomic E-state index is 0.0456. The summed E-state index contributed by atoms with van der Waals surface area (Å²) in [7, 11) is 0. The van der Waals surface area contributed by atoms with E-state index < -0.39 is 0 Å². The highest BCUT2D eigenvalue weighted by molar-refractivity contribution is 6.30. The number of hydrogen-bond donors (Lipinski definition) is 2. The monoisotopic (exact) mass is 325 g/mol. The van der Waals surface area contributed by atoms with Gasteiger partial charge in [0.2, 0.25) is 5.91 Å². The maximum absolute atomic E-state index is 12.3. The quantitative estimate of drug-likeness (QED) is 0.772. The Morgan fingerprint density at radius 3 is 3.13 bits per heavy atom. The van der Waals surface area contributed by atoms with Gasteiger partial charge in [-0.05, 0) is 41.8 Å². The van der Waals surface area contributed by atoms with E-state index in [0.29, 0.717) is 12.3 Å². The normalized spacial score (nSPS) is 19.7. The number of H-pyrrole nitrogens is 1. The van der Waals surface area contributed by atoms with Crippen LogP contribution in [0.1, 0.15) is 23.5 Å². The number of benzene rings is 1. The molecule has 2 N–H and O–H groups in total. The zero-order valence-electron chi connectivity index (χ0n) is 12.4. The van der Waals surface area contributed by atoms with Crippen molar-refractivity contribution in [1.29, 1.82) is 0 Å². The Kier molecular flexibility index (Phi) is 3.54. The van der Waals surface area contributed by atoms with Crippen molar-refractivity contribution in [2.24, 2.45) is 0 Å². The van der Waals surface area contributed by atoms with Gasteiger partial charge in [0, 0.05) is 34.8 Å². The van der Waals surface area contributed by atoms with E-state index in [1.54, 1.807) is 6.20 Å². The number of nitrogens with one attached hydrogen (secondary N) is 2. The van der Waals surface area contributed by atoms with Crippen molar-refractivity contribution >= 4 is 28.5 Å². The summed E-state index contributed by atoms with van der Waals surface area (Å²) >= 11 is 6.02. The van der Waals surface area contributed by atoms with Crippen molar-refractivity contribution in [3.05, 3.63) is 64.9 Å². The number of pyridine rings is 1. The number of amides is 1. The maximum atomic E-state index is 12.3. The predicted molar refractivity (Wildman–Crippen MR) is 90.5 cm³/mol. The summed E-state index contributed by atoms with van der Waals surface area (Å²) in [6.45, 7) is 0. The number of hydrogen-bond acceptors (Lipinski definition) is 2. The molecule has 1 fully saturated rings. The first-order valence-corrected chi connectivity index (χ1v) is 8.04. The van der Waals surface area contributed by atoms with Gasteiger partial charge in [-0.25, -0.2) is 4.98 Å². The van der Waals surface area contributed by atoms with Crippen molar-refractivity contribution in [2.45, 2.75) is 24.8 Å². The van der Waals surface area contributed by atoms with Gasteiger partial charge in [0.15, 0.2) is 0 Å². The smallest absolute Gasteiger partial charge is 0.224 e. The van der Waals surface area contributed by atoms with Gasteiger partial charge in [0.25, 0.3) is 0 Å². The molecule has 0 bridgehead atoms. The molecule has 1 amide bonds. The van der Waals surface area contributed by atoms with Gasteiger partial charge in [0.1, 0.15) is 5.65 Å². The lowest BCUT2D eigenvalue weighted by molar-refractivity contribution is -0.120. The highest BCUT2D eigenvalue weighted by Crippen LogP contribution is 2.41. The SMILES string of the molecule is O=C(Cc1c[nH]c2ncccc12)N[C@@H]1C[C@@H]1c1cccc(Cl)c1. The van der Waals surface area contributed by atoms with Crippen LogP contribution in [0.2, 0.25) is 5.02 Å². The second-order valence-electron chi connectivity index (χ2n) is 5.96. The highest BCUT2D eigenvalue weighted by atomic mass is 35.5. The molecule has 2 heterocycles. The second-order valence-corrected chi connectivity index (χ2v) is 6.40. The zero-order chi connectivity index (χ0) is 15.8. The average Bonchev–Trinajstić information content (AvgIpc) is 3.19. The Balaban J connectivity index is 1.40. The van der Waals surface area contributed by atoms with E-state index >= 15 is 0 Å². The highest BCUT2D eigenvalue weighted by Gasteiger charge is 2.39.